The van der Waals surface area contributed by atoms with E-state index < -0.39 is 10.0 Å². The van der Waals surface area contributed by atoms with Gasteiger partial charge in [0.25, 0.3) is 0 Å². The summed E-state index contributed by atoms with van der Waals surface area (Å²) in [7, 11) is 2.64. The first-order valence-electron chi connectivity index (χ1n) is 8.42. The van der Waals surface area contributed by atoms with Gasteiger partial charge in [-0.15, -0.1) is 11.3 Å². The lowest BCUT2D eigenvalue weighted by Gasteiger charge is -2.30. The van der Waals surface area contributed by atoms with E-state index in [-0.39, 0.29) is 6.04 Å². The minimum Gasteiger partial charge on any atom is -0.374 e. The van der Waals surface area contributed by atoms with E-state index in [2.05, 4.69) is 39.8 Å². The third kappa shape index (κ3) is 4.06. The summed E-state index contributed by atoms with van der Waals surface area (Å²) in [6.07, 6.45) is 2.24. The van der Waals surface area contributed by atoms with Gasteiger partial charge in [-0.3, -0.25) is 0 Å². The largest absolute Gasteiger partial charge is 0.374 e. The molecule has 7 heteroatoms. The van der Waals surface area contributed by atoms with Crippen LogP contribution in [0, 0.1) is 0 Å². The van der Waals surface area contributed by atoms with Crippen LogP contribution >= 0.6 is 11.3 Å². The SMILES string of the molecule is CN1CCCc2cc([C@@H](CNS(=O)(=O)c3cccs3)N(C)C)ccc21. The highest BCUT2D eigenvalue weighted by atomic mass is 32.2. The quantitative estimate of drug-likeness (QED) is 0.838. The number of fused-ring (bicyclic) bond motifs is 1. The third-order valence-electron chi connectivity index (χ3n) is 4.69. The Labute approximate surface area is 154 Å². The van der Waals surface area contributed by atoms with Crippen molar-refractivity contribution in [2.75, 3.05) is 39.1 Å². The molecule has 1 aliphatic heterocycles. The van der Waals surface area contributed by atoms with Crippen LogP contribution in [0.4, 0.5) is 5.69 Å². The normalized spacial score (nSPS) is 16.1. The van der Waals surface area contributed by atoms with Crippen LogP contribution in [0.5, 0.6) is 0 Å². The zero-order chi connectivity index (χ0) is 18.0. The van der Waals surface area contributed by atoms with Crippen molar-refractivity contribution in [2.24, 2.45) is 0 Å². The fraction of sp³-hybridized carbons (Fsp3) is 0.444. The zero-order valence-electron chi connectivity index (χ0n) is 14.9. The Morgan fingerprint density at radius 3 is 2.80 bits per heavy atom. The second kappa shape index (κ2) is 7.45. The highest BCUT2D eigenvalue weighted by Crippen LogP contribution is 2.30. The molecule has 3 rings (SSSR count). The lowest BCUT2D eigenvalue weighted by Crippen LogP contribution is -2.34. The summed E-state index contributed by atoms with van der Waals surface area (Å²) in [6.45, 7) is 1.44. The maximum Gasteiger partial charge on any atom is 0.250 e. The maximum atomic E-state index is 12.4. The average molecular weight is 380 g/mol. The molecular formula is C18H25N3O2S2. The maximum absolute atomic E-state index is 12.4. The topological polar surface area (TPSA) is 52.7 Å². The number of aryl methyl sites for hydroxylation is 1. The number of nitrogens with zero attached hydrogens (tertiary/aromatic N) is 2. The smallest absolute Gasteiger partial charge is 0.250 e. The Morgan fingerprint density at radius 1 is 1.32 bits per heavy atom. The minimum atomic E-state index is -3.45. The monoisotopic (exact) mass is 379 g/mol. The lowest BCUT2D eigenvalue weighted by molar-refractivity contribution is 0.299. The molecule has 1 atom stereocenters. The van der Waals surface area contributed by atoms with Gasteiger partial charge in [0.15, 0.2) is 0 Å². The van der Waals surface area contributed by atoms with Crippen LogP contribution in [-0.2, 0) is 16.4 Å². The van der Waals surface area contributed by atoms with Gasteiger partial charge < -0.3 is 9.80 Å². The van der Waals surface area contributed by atoms with Gasteiger partial charge in [-0.1, -0.05) is 18.2 Å². The van der Waals surface area contributed by atoms with E-state index in [9.17, 15) is 8.42 Å². The first-order valence-corrected chi connectivity index (χ1v) is 10.8. The molecule has 25 heavy (non-hydrogen) atoms. The summed E-state index contributed by atoms with van der Waals surface area (Å²) < 4.78 is 27.9. The van der Waals surface area contributed by atoms with Gasteiger partial charge in [0.2, 0.25) is 10.0 Å². The van der Waals surface area contributed by atoms with E-state index in [4.69, 9.17) is 0 Å². The van der Waals surface area contributed by atoms with Gasteiger partial charge in [0.1, 0.15) is 4.21 Å². The number of nitrogens with one attached hydrogen (secondary N) is 1. The lowest BCUT2D eigenvalue weighted by atomic mass is 9.96. The van der Waals surface area contributed by atoms with Crippen molar-refractivity contribution in [1.29, 1.82) is 0 Å². The molecule has 0 bridgehead atoms. The van der Waals surface area contributed by atoms with Crippen LogP contribution in [0.2, 0.25) is 0 Å². The zero-order valence-corrected chi connectivity index (χ0v) is 16.5. The Morgan fingerprint density at radius 2 is 2.12 bits per heavy atom. The second-order valence-corrected chi connectivity index (χ2v) is 9.62. The molecule has 0 spiro atoms. The van der Waals surface area contributed by atoms with Gasteiger partial charge in [-0.2, -0.15) is 0 Å². The summed E-state index contributed by atoms with van der Waals surface area (Å²) in [5, 5.41) is 1.78. The van der Waals surface area contributed by atoms with Crippen LogP contribution < -0.4 is 9.62 Å². The summed E-state index contributed by atoms with van der Waals surface area (Å²) in [5.74, 6) is 0. The molecule has 5 nitrogen and oxygen atoms in total. The number of sulfonamides is 1. The number of hydrogen-bond donors (Lipinski definition) is 1. The Bertz CT molecular complexity index is 817. The van der Waals surface area contributed by atoms with E-state index in [1.54, 1.807) is 17.5 Å². The number of likely N-dealkylation sites (N-methyl/N-ethyl adjacent to an activating group) is 1. The summed E-state index contributed by atoms with van der Waals surface area (Å²) in [5.41, 5.74) is 3.78. The summed E-state index contributed by atoms with van der Waals surface area (Å²) in [4.78, 5) is 4.35. The number of benzene rings is 1. The fourth-order valence-corrected chi connectivity index (χ4v) is 5.36. The van der Waals surface area contributed by atoms with Gasteiger partial charge in [-0.25, -0.2) is 13.1 Å². The molecular weight excluding hydrogens is 354 g/mol. The molecule has 1 aliphatic rings. The fourth-order valence-electron chi connectivity index (χ4n) is 3.29. The first-order chi connectivity index (χ1) is 11.9. The molecule has 0 fully saturated rings. The van der Waals surface area contributed by atoms with Crippen molar-refractivity contribution in [3.63, 3.8) is 0 Å². The van der Waals surface area contributed by atoms with E-state index in [1.807, 2.05) is 14.1 Å². The van der Waals surface area contributed by atoms with Crippen molar-refractivity contribution in [3.8, 4) is 0 Å². The average Bonchev–Trinajstić information content (AvgIpc) is 3.10. The van der Waals surface area contributed by atoms with Crippen LogP contribution in [-0.4, -0.2) is 47.6 Å². The molecule has 1 aromatic carbocycles. The number of rotatable bonds is 6. The van der Waals surface area contributed by atoms with Crippen molar-refractivity contribution >= 4 is 27.0 Å². The van der Waals surface area contributed by atoms with Crippen LogP contribution in [0.3, 0.4) is 0 Å². The van der Waals surface area contributed by atoms with Crippen molar-refractivity contribution in [2.45, 2.75) is 23.1 Å². The van der Waals surface area contributed by atoms with E-state index >= 15 is 0 Å². The van der Waals surface area contributed by atoms with Crippen molar-refractivity contribution in [1.82, 2.24) is 9.62 Å². The minimum absolute atomic E-state index is 0.00716. The van der Waals surface area contributed by atoms with Crippen molar-refractivity contribution in [3.05, 3.63) is 46.8 Å². The van der Waals surface area contributed by atoms with Gasteiger partial charge >= 0.3 is 0 Å². The van der Waals surface area contributed by atoms with Crippen LogP contribution in [0.15, 0.2) is 39.9 Å². The number of hydrogen-bond acceptors (Lipinski definition) is 5. The highest BCUT2D eigenvalue weighted by Gasteiger charge is 2.22. The number of thiophene rings is 1. The Hall–Kier alpha value is -1.41. The van der Waals surface area contributed by atoms with Crippen molar-refractivity contribution < 1.29 is 8.42 Å². The van der Waals surface area contributed by atoms with Crippen LogP contribution in [0.1, 0.15) is 23.6 Å². The van der Waals surface area contributed by atoms with Crippen LogP contribution in [0.25, 0.3) is 0 Å². The molecule has 0 aliphatic carbocycles. The van der Waals surface area contributed by atoms with E-state index in [1.165, 1.54) is 22.6 Å². The van der Waals surface area contributed by atoms with E-state index in [0.29, 0.717) is 10.8 Å². The standard InChI is InChI=1S/C18H25N3O2S2/c1-20(2)17(13-19-25(22,23)18-7-5-11-24-18)15-8-9-16-14(12-15)6-4-10-21(16)3/h5,7-9,11-12,17,19H,4,6,10,13H2,1-3H3/t17-/m1/s1. The molecule has 0 unspecified atom stereocenters. The molecule has 0 saturated carbocycles. The highest BCUT2D eigenvalue weighted by molar-refractivity contribution is 7.91. The molecule has 1 aromatic heterocycles. The van der Waals surface area contributed by atoms with E-state index in [0.717, 1.165) is 24.9 Å². The second-order valence-electron chi connectivity index (χ2n) is 6.68. The Balaban J connectivity index is 1.80. The molecule has 136 valence electrons. The molecule has 1 N–H and O–H groups in total. The van der Waals surface area contributed by atoms with Gasteiger partial charge in [0.05, 0.1) is 0 Å². The Kier molecular flexibility index (Phi) is 5.48. The number of anilines is 1. The first kappa shape index (κ1) is 18.4. The summed E-state index contributed by atoms with van der Waals surface area (Å²) >= 11 is 1.23. The molecule has 2 aromatic rings. The molecule has 0 radical (unpaired) electrons. The summed E-state index contributed by atoms with van der Waals surface area (Å²) in [6, 6.07) is 9.88. The van der Waals surface area contributed by atoms with Gasteiger partial charge in [0, 0.05) is 31.9 Å². The predicted octanol–water partition coefficient (Wildman–Crippen LogP) is 2.71. The molecule has 0 amide bonds. The predicted molar refractivity (Wildman–Crippen MR) is 104 cm³/mol. The molecule has 2 heterocycles. The third-order valence-corrected chi connectivity index (χ3v) is 7.51. The molecule has 0 saturated heterocycles. The van der Waals surface area contributed by atoms with Gasteiger partial charge in [-0.05, 0) is 55.6 Å².